The molecule has 78 valence electrons. The van der Waals surface area contributed by atoms with Crippen molar-refractivity contribution in [3.05, 3.63) is 17.5 Å². The van der Waals surface area contributed by atoms with E-state index in [1.807, 2.05) is 6.20 Å². The minimum absolute atomic E-state index is 0.606. The van der Waals surface area contributed by atoms with Gasteiger partial charge < -0.3 is 5.73 Å². The van der Waals surface area contributed by atoms with Crippen molar-refractivity contribution >= 4 is 0 Å². The second-order valence-corrected chi connectivity index (χ2v) is 3.82. The monoisotopic (exact) mass is 194 g/mol. The van der Waals surface area contributed by atoms with Crippen LogP contribution in [-0.4, -0.2) is 27.8 Å². The molecule has 0 amide bonds. The topological polar surface area (TPSA) is 47.1 Å². The summed E-state index contributed by atoms with van der Waals surface area (Å²) < 4.78 is 2.09. The van der Waals surface area contributed by atoms with E-state index in [9.17, 15) is 0 Å². The zero-order valence-electron chi connectivity index (χ0n) is 8.74. The number of hydrogen-bond acceptors (Lipinski definition) is 3. The number of aromatic nitrogens is 2. The van der Waals surface area contributed by atoms with Crippen LogP contribution in [0.25, 0.3) is 0 Å². The smallest absolute Gasteiger partial charge is 0.0569 e. The molecule has 4 nitrogen and oxygen atoms in total. The van der Waals surface area contributed by atoms with Gasteiger partial charge in [0.15, 0.2) is 0 Å². The number of fused-ring (bicyclic) bond motifs is 1. The highest BCUT2D eigenvalue weighted by atomic mass is 15.3. The largest absolute Gasteiger partial charge is 0.326 e. The van der Waals surface area contributed by atoms with Crippen molar-refractivity contribution < 1.29 is 0 Å². The van der Waals surface area contributed by atoms with Gasteiger partial charge >= 0.3 is 0 Å². The van der Waals surface area contributed by atoms with Gasteiger partial charge in [-0.3, -0.25) is 9.58 Å². The molecule has 4 heteroatoms. The molecule has 0 bridgehead atoms. The highest BCUT2D eigenvalue weighted by Gasteiger charge is 2.18. The minimum atomic E-state index is 0.606. The lowest BCUT2D eigenvalue weighted by molar-refractivity contribution is 0.213. The van der Waals surface area contributed by atoms with Crippen LogP contribution in [0.3, 0.4) is 0 Å². The van der Waals surface area contributed by atoms with Crippen molar-refractivity contribution in [2.24, 2.45) is 5.73 Å². The Morgan fingerprint density at radius 3 is 3.07 bits per heavy atom. The maximum absolute atomic E-state index is 5.67. The Bertz CT molecular complexity index is 292. The van der Waals surface area contributed by atoms with Crippen LogP contribution in [0.15, 0.2) is 6.20 Å². The van der Waals surface area contributed by atoms with E-state index in [2.05, 4.69) is 21.6 Å². The number of nitrogens with zero attached hydrogens (tertiary/aromatic N) is 3. The molecule has 0 spiro atoms. The molecule has 0 fully saturated rings. The Kier molecular flexibility index (Phi) is 2.84. The van der Waals surface area contributed by atoms with E-state index in [1.165, 1.54) is 24.2 Å². The van der Waals surface area contributed by atoms with Gasteiger partial charge in [-0.2, -0.15) is 5.10 Å². The van der Waals surface area contributed by atoms with Crippen molar-refractivity contribution in [1.29, 1.82) is 0 Å². The summed E-state index contributed by atoms with van der Waals surface area (Å²) in [5.74, 6) is 0. The van der Waals surface area contributed by atoms with Gasteiger partial charge in [-0.15, -0.1) is 0 Å². The number of hydrogen-bond donors (Lipinski definition) is 1. The van der Waals surface area contributed by atoms with E-state index < -0.39 is 0 Å². The summed E-state index contributed by atoms with van der Waals surface area (Å²) in [7, 11) is 0. The fraction of sp³-hybridized carbons (Fsp3) is 0.700. The van der Waals surface area contributed by atoms with Crippen LogP contribution in [0.1, 0.15) is 24.6 Å². The average molecular weight is 194 g/mol. The second kappa shape index (κ2) is 4.11. The summed E-state index contributed by atoms with van der Waals surface area (Å²) in [4.78, 5) is 2.47. The van der Waals surface area contributed by atoms with E-state index in [4.69, 9.17) is 5.73 Å². The fourth-order valence-corrected chi connectivity index (χ4v) is 2.03. The lowest BCUT2D eigenvalue weighted by atomic mass is 10.2. The highest BCUT2D eigenvalue weighted by molar-refractivity contribution is 5.18. The molecular formula is C10H18N4. The molecular weight excluding hydrogens is 176 g/mol. The zero-order valence-corrected chi connectivity index (χ0v) is 8.74. The predicted molar refractivity (Wildman–Crippen MR) is 55.7 cm³/mol. The summed E-state index contributed by atoms with van der Waals surface area (Å²) in [5.41, 5.74) is 8.18. The summed E-state index contributed by atoms with van der Waals surface area (Å²) in [6.07, 6.45) is 3.12. The van der Waals surface area contributed by atoms with Crippen molar-refractivity contribution in [2.75, 3.05) is 13.1 Å². The van der Waals surface area contributed by atoms with E-state index >= 15 is 0 Å². The van der Waals surface area contributed by atoms with Crippen molar-refractivity contribution in [2.45, 2.75) is 33.0 Å². The molecule has 0 atom stereocenters. The Balaban J connectivity index is 2.14. The van der Waals surface area contributed by atoms with E-state index in [-0.39, 0.29) is 0 Å². The zero-order chi connectivity index (χ0) is 9.97. The molecule has 2 heterocycles. The SMILES string of the molecule is CCCN1CCn2ncc(CN)c2C1. The molecule has 0 saturated carbocycles. The molecule has 1 aromatic heterocycles. The summed E-state index contributed by atoms with van der Waals surface area (Å²) >= 11 is 0. The van der Waals surface area contributed by atoms with Crippen LogP contribution >= 0.6 is 0 Å². The third kappa shape index (κ3) is 1.67. The number of rotatable bonds is 3. The molecule has 2 N–H and O–H groups in total. The fourth-order valence-electron chi connectivity index (χ4n) is 2.03. The Labute approximate surface area is 84.7 Å². The van der Waals surface area contributed by atoms with Crippen LogP contribution in [-0.2, 0) is 19.6 Å². The first-order valence-corrected chi connectivity index (χ1v) is 5.31. The molecule has 14 heavy (non-hydrogen) atoms. The molecule has 0 aliphatic carbocycles. The Morgan fingerprint density at radius 2 is 2.36 bits per heavy atom. The Morgan fingerprint density at radius 1 is 1.50 bits per heavy atom. The van der Waals surface area contributed by atoms with Gasteiger partial charge in [0.2, 0.25) is 0 Å². The molecule has 1 aliphatic rings. The van der Waals surface area contributed by atoms with Crippen LogP contribution in [0, 0.1) is 0 Å². The first kappa shape index (κ1) is 9.68. The van der Waals surface area contributed by atoms with Crippen LogP contribution in [0.5, 0.6) is 0 Å². The van der Waals surface area contributed by atoms with Gasteiger partial charge in [-0.1, -0.05) is 6.92 Å². The second-order valence-electron chi connectivity index (χ2n) is 3.82. The lowest BCUT2D eigenvalue weighted by Crippen LogP contribution is -2.34. The summed E-state index contributed by atoms with van der Waals surface area (Å²) in [6.45, 7) is 7.14. The third-order valence-electron chi connectivity index (χ3n) is 2.80. The molecule has 0 unspecified atom stereocenters. The van der Waals surface area contributed by atoms with Gasteiger partial charge in [-0.05, 0) is 13.0 Å². The van der Waals surface area contributed by atoms with E-state index in [0.717, 1.165) is 19.6 Å². The minimum Gasteiger partial charge on any atom is -0.326 e. The van der Waals surface area contributed by atoms with Crippen molar-refractivity contribution in [3.63, 3.8) is 0 Å². The van der Waals surface area contributed by atoms with Crippen LogP contribution in [0.4, 0.5) is 0 Å². The lowest BCUT2D eigenvalue weighted by Gasteiger charge is -2.27. The molecule has 1 aromatic rings. The molecule has 0 aromatic carbocycles. The Hall–Kier alpha value is -0.870. The van der Waals surface area contributed by atoms with Gasteiger partial charge in [0, 0.05) is 25.2 Å². The van der Waals surface area contributed by atoms with Gasteiger partial charge in [0.05, 0.1) is 18.4 Å². The summed E-state index contributed by atoms with van der Waals surface area (Å²) in [5, 5.41) is 4.33. The first-order valence-electron chi connectivity index (χ1n) is 5.31. The highest BCUT2D eigenvalue weighted by Crippen LogP contribution is 2.15. The van der Waals surface area contributed by atoms with Crippen molar-refractivity contribution in [3.8, 4) is 0 Å². The third-order valence-corrected chi connectivity index (χ3v) is 2.80. The molecule has 1 aliphatic heterocycles. The number of nitrogens with two attached hydrogens (primary N) is 1. The molecule has 0 saturated heterocycles. The van der Waals surface area contributed by atoms with Gasteiger partial charge in [0.1, 0.15) is 0 Å². The van der Waals surface area contributed by atoms with Gasteiger partial charge in [0.25, 0.3) is 0 Å². The maximum Gasteiger partial charge on any atom is 0.0569 e. The average Bonchev–Trinajstić information content (AvgIpc) is 2.60. The molecule has 2 rings (SSSR count). The van der Waals surface area contributed by atoms with Crippen LogP contribution in [0.2, 0.25) is 0 Å². The van der Waals surface area contributed by atoms with E-state index in [1.54, 1.807) is 0 Å². The normalized spacial score (nSPS) is 17.0. The quantitative estimate of drug-likeness (QED) is 0.765. The molecule has 0 radical (unpaired) electrons. The van der Waals surface area contributed by atoms with Crippen LogP contribution < -0.4 is 5.73 Å². The predicted octanol–water partition coefficient (Wildman–Crippen LogP) is 0.567. The summed E-state index contributed by atoms with van der Waals surface area (Å²) in [6, 6.07) is 0. The van der Waals surface area contributed by atoms with E-state index in [0.29, 0.717) is 6.54 Å². The van der Waals surface area contributed by atoms with Gasteiger partial charge in [-0.25, -0.2) is 0 Å². The first-order chi connectivity index (χ1) is 6.85. The van der Waals surface area contributed by atoms with Crippen molar-refractivity contribution in [1.82, 2.24) is 14.7 Å². The standard InChI is InChI=1S/C10H18N4/c1-2-3-13-4-5-14-10(8-13)9(6-11)7-12-14/h7H,2-6,8,11H2,1H3. The maximum atomic E-state index is 5.67.